The highest BCUT2D eigenvalue weighted by Crippen LogP contribution is 2.34. The second kappa shape index (κ2) is 12.7. The average molecular weight is 595 g/mol. The number of carbonyl (C=O) groups is 3. The molecule has 1 atom stereocenters. The molecule has 0 fully saturated rings. The number of rotatable bonds is 10. The Labute approximate surface area is 252 Å². The number of primary amides is 1. The molecule has 218 valence electrons. The van der Waals surface area contributed by atoms with Crippen molar-refractivity contribution in [2.75, 3.05) is 17.7 Å². The summed E-state index contributed by atoms with van der Waals surface area (Å²) in [6.07, 6.45) is 2.48. The van der Waals surface area contributed by atoms with Gasteiger partial charge in [-0.05, 0) is 77.1 Å². The number of methoxy groups -OCH3 is 1. The van der Waals surface area contributed by atoms with Crippen molar-refractivity contribution in [3.05, 3.63) is 112 Å². The zero-order chi connectivity index (χ0) is 30.5. The predicted octanol–water partition coefficient (Wildman–Crippen LogP) is 4.65. The molecule has 10 nitrogen and oxygen atoms in total. The maximum atomic E-state index is 14.3. The highest BCUT2D eigenvalue weighted by molar-refractivity contribution is 7.09. The van der Waals surface area contributed by atoms with Gasteiger partial charge >= 0.3 is 0 Å². The number of hydrogen-bond donors (Lipinski definition) is 3. The predicted molar refractivity (Wildman–Crippen MR) is 167 cm³/mol. The van der Waals surface area contributed by atoms with Crippen LogP contribution in [-0.4, -0.2) is 34.2 Å². The van der Waals surface area contributed by atoms with Gasteiger partial charge < -0.3 is 21.5 Å². The number of nitrogen functional groups attached to an aromatic ring is 1. The van der Waals surface area contributed by atoms with Gasteiger partial charge in [-0.1, -0.05) is 43.3 Å². The van der Waals surface area contributed by atoms with Crippen LogP contribution in [0.3, 0.4) is 0 Å². The normalized spacial score (nSPS) is 11.6. The van der Waals surface area contributed by atoms with Crippen LogP contribution in [0, 0.1) is 0 Å². The molecule has 2 aromatic heterocycles. The highest BCUT2D eigenvalue weighted by Gasteiger charge is 2.36. The lowest BCUT2D eigenvalue weighted by molar-refractivity contribution is -0.122. The van der Waals surface area contributed by atoms with E-state index in [0.29, 0.717) is 17.0 Å². The third kappa shape index (κ3) is 6.16. The summed E-state index contributed by atoms with van der Waals surface area (Å²) in [4.78, 5) is 46.2. The summed E-state index contributed by atoms with van der Waals surface area (Å²) in [6.45, 7) is 2.24. The van der Waals surface area contributed by atoms with Crippen LogP contribution < -0.4 is 26.4 Å². The number of fused-ring (bicyclic) bond motifs is 1. The summed E-state index contributed by atoms with van der Waals surface area (Å²) in [7, 11) is 1.58. The van der Waals surface area contributed by atoms with Gasteiger partial charge in [0.1, 0.15) is 16.7 Å². The number of hydrogen-bond acceptors (Lipinski definition) is 8. The van der Waals surface area contributed by atoms with Crippen molar-refractivity contribution in [1.29, 1.82) is 0 Å². The largest absolute Gasteiger partial charge is 0.497 e. The number of nitrogens with one attached hydrogen (secondary N) is 1. The smallest absolute Gasteiger partial charge is 0.273 e. The van der Waals surface area contributed by atoms with E-state index in [1.807, 2.05) is 61.5 Å². The summed E-state index contributed by atoms with van der Waals surface area (Å²) < 4.78 is 9.26. The molecule has 0 aliphatic heterocycles. The molecule has 0 unspecified atom stereocenters. The number of aromatic nitrogens is 2. The number of pyridine rings is 1. The summed E-state index contributed by atoms with van der Waals surface area (Å²) in [6, 6.07) is 22.7. The molecule has 0 saturated heterocycles. The van der Waals surface area contributed by atoms with Crippen molar-refractivity contribution in [3.8, 4) is 5.75 Å². The molecule has 0 spiro atoms. The topological polar surface area (TPSA) is 154 Å². The molecule has 0 radical (unpaired) electrons. The van der Waals surface area contributed by atoms with E-state index in [0.717, 1.165) is 40.0 Å². The molecular formula is C32H30N6O4S. The first-order valence-electron chi connectivity index (χ1n) is 13.5. The van der Waals surface area contributed by atoms with Gasteiger partial charge in [-0.3, -0.25) is 24.3 Å². The third-order valence-corrected chi connectivity index (χ3v) is 7.92. The van der Waals surface area contributed by atoms with Gasteiger partial charge in [0.15, 0.2) is 5.69 Å². The molecule has 2 heterocycles. The van der Waals surface area contributed by atoms with Gasteiger partial charge in [-0.25, -0.2) is 0 Å². The maximum absolute atomic E-state index is 14.3. The standard InChI is InChI=1S/C32H30N6O4S/c1-3-19-6-11-23(12-7-19)38(32(41)29-26(33)27(30(34)39)37-43-29)28(22-10-15-25-21(17-22)5-4-16-35-25)31(40)36-18-20-8-13-24(42-2)14-9-20/h4-17,28H,3,18,33H2,1-2H3,(H2,34,39)(H,36,40)/t28-/m0/s1. The van der Waals surface area contributed by atoms with Crippen LogP contribution in [0.15, 0.2) is 85.1 Å². The Hall–Kier alpha value is -5.29. The van der Waals surface area contributed by atoms with E-state index in [9.17, 15) is 14.4 Å². The van der Waals surface area contributed by atoms with Crippen LogP contribution in [0.4, 0.5) is 11.4 Å². The number of carbonyl (C=O) groups excluding carboxylic acids is 3. The first-order chi connectivity index (χ1) is 20.8. The number of nitrogens with two attached hydrogens (primary N) is 2. The lowest BCUT2D eigenvalue weighted by atomic mass is 9.99. The molecule has 3 amide bonds. The number of benzene rings is 3. The Morgan fingerprint density at radius 1 is 1.00 bits per heavy atom. The molecule has 5 rings (SSSR count). The summed E-state index contributed by atoms with van der Waals surface area (Å²) in [5.74, 6) is -1.17. The van der Waals surface area contributed by atoms with E-state index in [-0.39, 0.29) is 22.8 Å². The van der Waals surface area contributed by atoms with Gasteiger partial charge in [0.05, 0.1) is 18.3 Å². The van der Waals surface area contributed by atoms with Crippen molar-refractivity contribution in [3.63, 3.8) is 0 Å². The van der Waals surface area contributed by atoms with E-state index in [4.69, 9.17) is 16.2 Å². The Morgan fingerprint density at radius 3 is 2.37 bits per heavy atom. The van der Waals surface area contributed by atoms with Crippen LogP contribution in [0.25, 0.3) is 10.9 Å². The van der Waals surface area contributed by atoms with Gasteiger partial charge in [0, 0.05) is 23.8 Å². The Balaban J connectivity index is 1.63. The number of aryl methyl sites for hydroxylation is 1. The second-order valence-electron chi connectivity index (χ2n) is 9.76. The Kier molecular flexibility index (Phi) is 8.63. The van der Waals surface area contributed by atoms with Gasteiger partial charge in [-0.2, -0.15) is 4.37 Å². The molecule has 11 heteroatoms. The van der Waals surface area contributed by atoms with Gasteiger partial charge in [0.2, 0.25) is 5.91 Å². The van der Waals surface area contributed by atoms with Crippen LogP contribution in [0.2, 0.25) is 0 Å². The van der Waals surface area contributed by atoms with E-state index in [2.05, 4.69) is 14.7 Å². The molecule has 3 aromatic carbocycles. The Bertz CT molecular complexity index is 1790. The first kappa shape index (κ1) is 29.2. The number of anilines is 2. The Morgan fingerprint density at radius 2 is 1.72 bits per heavy atom. The molecule has 0 aliphatic rings. The number of nitrogens with zero attached hydrogens (tertiary/aromatic N) is 3. The quantitative estimate of drug-likeness (QED) is 0.213. The summed E-state index contributed by atoms with van der Waals surface area (Å²) in [5.41, 5.74) is 15.0. The maximum Gasteiger partial charge on any atom is 0.273 e. The minimum Gasteiger partial charge on any atom is -0.497 e. The molecule has 0 aliphatic carbocycles. The molecule has 43 heavy (non-hydrogen) atoms. The zero-order valence-electron chi connectivity index (χ0n) is 23.6. The van der Waals surface area contributed by atoms with Gasteiger partial charge in [-0.15, -0.1) is 0 Å². The average Bonchev–Trinajstić information content (AvgIpc) is 3.43. The monoisotopic (exact) mass is 594 g/mol. The van der Waals surface area contributed by atoms with Crippen LogP contribution in [0.5, 0.6) is 5.75 Å². The minimum atomic E-state index is -1.12. The molecular weight excluding hydrogens is 564 g/mol. The SMILES string of the molecule is CCc1ccc(N(C(=O)c2snc(C(N)=O)c2N)[C@H](C(=O)NCc2ccc(OC)cc2)c2ccc3ncccc3c2)cc1. The lowest BCUT2D eigenvalue weighted by Gasteiger charge is -2.31. The van der Waals surface area contributed by atoms with Crippen molar-refractivity contribution in [1.82, 2.24) is 14.7 Å². The molecule has 5 N–H and O–H groups in total. The fraction of sp³-hybridized carbons (Fsp3) is 0.156. The van der Waals surface area contributed by atoms with Crippen molar-refractivity contribution < 1.29 is 19.1 Å². The van der Waals surface area contributed by atoms with Crippen molar-refractivity contribution in [2.45, 2.75) is 25.9 Å². The third-order valence-electron chi connectivity index (χ3n) is 7.07. The van der Waals surface area contributed by atoms with E-state index < -0.39 is 23.8 Å². The number of ether oxygens (including phenoxy) is 1. The van der Waals surface area contributed by atoms with Crippen LogP contribution in [-0.2, 0) is 17.8 Å². The fourth-order valence-corrected chi connectivity index (χ4v) is 5.47. The van der Waals surface area contributed by atoms with Crippen LogP contribution >= 0.6 is 11.5 Å². The first-order valence-corrected chi connectivity index (χ1v) is 14.3. The second-order valence-corrected chi connectivity index (χ2v) is 10.5. The van der Waals surface area contributed by atoms with E-state index in [1.165, 1.54) is 4.90 Å². The van der Waals surface area contributed by atoms with Crippen molar-refractivity contribution >= 4 is 51.5 Å². The molecule has 0 saturated carbocycles. The van der Waals surface area contributed by atoms with Crippen LogP contribution in [0.1, 0.15) is 49.8 Å². The highest BCUT2D eigenvalue weighted by atomic mass is 32.1. The number of amides is 3. The van der Waals surface area contributed by atoms with E-state index in [1.54, 1.807) is 37.6 Å². The van der Waals surface area contributed by atoms with Gasteiger partial charge in [0.25, 0.3) is 11.8 Å². The summed E-state index contributed by atoms with van der Waals surface area (Å²) >= 11 is 0.763. The summed E-state index contributed by atoms with van der Waals surface area (Å²) in [5, 5.41) is 3.79. The molecule has 0 bridgehead atoms. The van der Waals surface area contributed by atoms with Crippen molar-refractivity contribution in [2.24, 2.45) is 5.73 Å². The zero-order valence-corrected chi connectivity index (χ0v) is 24.4. The lowest BCUT2D eigenvalue weighted by Crippen LogP contribution is -2.44. The molecule has 5 aromatic rings. The minimum absolute atomic E-state index is 0.00350. The van der Waals surface area contributed by atoms with E-state index >= 15 is 0 Å². The fourth-order valence-electron chi connectivity index (χ4n) is 4.73.